The molecule has 114 valence electrons. The number of halogens is 3. The third kappa shape index (κ3) is 3.70. The Balaban J connectivity index is 2.39. The molecule has 1 heterocycles. The summed E-state index contributed by atoms with van der Waals surface area (Å²) in [6.45, 7) is 3.73. The average Bonchev–Trinajstić information content (AvgIpc) is 2.86. The molecule has 21 heavy (non-hydrogen) atoms. The molecule has 0 aliphatic carbocycles. The van der Waals surface area contributed by atoms with Gasteiger partial charge in [0.05, 0.1) is 10.6 Å². The van der Waals surface area contributed by atoms with Crippen molar-refractivity contribution in [3.05, 3.63) is 40.4 Å². The van der Waals surface area contributed by atoms with Crippen LogP contribution in [0.2, 0.25) is 0 Å². The molecule has 1 aromatic heterocycles. The van der Waals surface area contributed by atoms with E-state index < -0.39 is 18.2 Å². The van der Waals surface area contributed by atoms with Gasteiger partial charge < -0.3 is 9.84 Å². The van der Waals surface area contributed by atoms with Crippen molar-refractivity contribution in [1.82, 2.24) is 9.59 Å². The Hall–Kier alpha value is -1.67. The van der Waals surface area contributed by atoms with Crippen LogP contribution in [0.5, 0.6) is 5.75 Å². The third-order valence-corrected chi connectivity index (χ3v) is 3.57. The number of hydrogen-bond donors (Lipinski definition) is 1. The summed E-state index contributed by atoms with van der Waals surface area (Å²) in [7, 11) is 0. The molecule has 0 saturated heterocycles. The van der Waals surface area contributed by atoms with Crippen LogP contribution in [0.1, 0.15) is 42.0 Å². The van der Waals surface area contributed by atoms with Crippen LogP contribution >= 0.6 is 11.5 Å². The molecule has 2 aromatic rings. The molecule has 0 spiro atoms. The van der Waals surface area contributed by atoms with Gasteiger partial charge in [-0.3, -0.25) is 0 Å². The molecule has 0 amide bonds. The number of rotatable bonds is 4. The minimum atomic E-state index is -4.82. The van der Waals surface area contributed by atoms with Gasteiger partial charge >= 0.3 is 6.36 Å². The number of alkyl halides is 3. The summed E-state index contributed by atoms with van der Waals surface area (Å²) in [6, 6.07) is 5.49. The Bertz CT molecular complexity index is 613. The Labute approximate surface area is 123 Å². The van der Waals surface area contributed by atoms with E-state index in [2.05, 4.69) is 14.3 Å². The van der Waals surface area contributed by atoms with E-state index in [4.69, 9.17) is 0 Å². The summed E-state index contributed by atoms with van der Waals surface area (Å²) in [5, 5.41) is 14.3. The number of benzene rings is 1. The summed E-state index contributed by atoms with van der Waals surface area (Å²) < 4.78 is 44.9. The van der Waals surface area contributed by atoms with Crippen molar-refractivity contribution in [2.24, 2.45) is 0 Å². The lowest BCUT2D eigenvalue weighted by Gasteiger charge is -2.17. The normalized spacial score (nSPS) is 13.5. The van der Waals surface area contributed by atoms with Crippen LogP contribution in [0, 0.1) is 0 Å². The molecule has 1 unspecified atom stereocenters. The maximum absolute atomic E-state index is 12.4. The molecule has 0 radical (unpaired) electrons. The fraction of sp³-hybridized carbons (Fsp3) is 0.385. The van der Waals surface area contributed by atoms with Crippen LogP contribution in [0.3, 0.4) is 0 Å². The fourth-order valence-corrected chi connectivity index (χ4v) is 2.67. The number of ether oxygens (including phenoxy) is 1. The molecule has 0 aliphatic heterocycles. The lowest BCUT2D eigenvalue weighted by molar-refractivity contribution is -0.275. The maximum Gasteiger partial charge on any atom is 0.573 e. The van der Waals surface area contributed by atoms with E-state index in [0.29, 0.717) is 10.6 Å². The van der Waals surface area contributed by atoms with Crippen LogP contribution in [-0.2, 0) is 0 Å². The summed E-state index contributed by atoms with van der Waals surface area (Å²) in [6.07, 6.45) is -6.08. The average molecular weight is 318 g/mol. The number of aliphatic hydroxyl groups excluding tert-OH is 1. The van der Waals surface area contributed by atoms with E-state index >= 15 is 0 Å². The number of aromatic nitrogens is 2. The van der Waals surface area contributed by atoms with Crippen LogP contribution in [0.15, 0.2) is 24.3 Å². The van der Waals surface area contributed by atoms with E-state index in [1.165, 1.54) is 18.2 Å². The molecule has 2 rings (SSSR count). The molecule has 1 N–H and O–H groups in total. The van der Waals surface area contributed by atoms with Gasteiger partial charge in [0.25, 0.3) is 0 Å². The first kappa shape index (κ1) is 15.7. The zero-order chi connectivity index (χ0) is 15.6. The monoisotopic (exact) mass is 318 g/mol. The van der Waals surface area contributed by atoms with Gasteiger partial charge in [-0.05, 0) is 23.5 Å². The van der Waals surface area contributed by atoms with E-state index in [1.54, 1.807) is 0 Å². The van der Waals surface area contributed by atoms with Gasteiger partial charge in [-0.15, -0.1) is 18.3 Å². The molecule has 4 nitrogen and oxygen atoms in total. The molecule has 1 aromatic carbocycles. The summed E-state index contributed by atoms with van der Waals surface area (Å²) in [5.41, 5.74) is 0.595. The Morgan fingerprint density at radius 1 is 1.24 bits per heavy atom. The van der Waals surface area contributed by atoms with Crippen molar-refractivity contribution in [2.45, 2.75) is 32.2 Å². The predicted molar refractivity (Wildman–Crippen MR) is 71.2 cm³/mol. The topological polar surface area (TPSA) is 55.2 Å². The van der Waals surface area contributed by atoms with Gasteiger partial charge in [0.1, 0.15) is 11.9 Å². The van der Waals surface area contributed by atoms with Gasteiger partial charge in [0.2, 0.25) is 0 Å². The lowest BCUT2D eigenvalue weighted by atomic mass is 10.0. The standard InChI is InChI=1S/C13H13F3N2O2S/c1-7(2)10-12(21-18-17-10)11(19)8-5-3-4-6-9(8)20-13(14,15)16/h3-7,11,19H,1-2H3. The SMILES string of the molecule is CC(C)c1nnsc1C(O)c1ccccc1OC(F)(F)F. The van der Waals surface area contributed by atoms with E-state index in [9.17, 15) is 18.3 Å². The first-order chi connectivity index (χ1) is 9.79. The lowest BCUT2D eigenvalue weighted by Crippen LogP contribution is -2.19. The molecule has 0 saturated carbocycles. The van der Waals surface area contributed by atoms with Crippen molar-refractivity contribution in [3.8, 4) is 5.75 Å². The highest BCUT2D eigenvalue weighted by Crippen LogP contribution is 2.36. The van der Waals surface area contributed by atoms with Gasteiger partial charge in [0, 0.05) is 5.56 Å². The van der Waals surface area contributed by atoms with Crippen molar-refractivity contribution >= 4 is 11.5 Å². The molecule has 1 atom stereocenters. The Kier molecular flexibility index (Phi) is 4.48. The molecule has 8 heteroatoms. The second kappa shape index (κ2) is 5.98. The summed E-state index contributed by atoms with van der Waals surface area (Å²) in [5.74, 6) is -0.426. The highest BCUT2D eigenvalue weighted by molar-refractivity contribution is 7.05. The molecule has 0 bridgehead atoms. The van der Waals surface area contributed by atoms with Gasteiger partial charge in [-0.25, -0.2) is 0 Å². The van der Waals surface area contributed by atoms with Crippen LogP contribution in [-0.4, -0.2) is 21.1 Å². The number of nitrogens with zero attached hydrogens (tertiary/aromatic N) is 2. The van der Waals surface area contributed by atoms with Gasteiger partial charge in [0.15, 0.2) is 0 Å². The molecule has 0 aliphatic rings. The number of para-hydroxylation sites is 1. The largest absolute Gasteiger partial charge is 0.573 e. The van der Waals surface area contributed by atoms with Crippen LogP contribution in [0.25, 0.3) is 0 Å². The summed E-state index contributed by atoms with van der Waals surface area (Å²) >= 11 is 0.960. The van der Waals surface area contributed by atoms with E-state index in [0.717, 1.165) is 17.6 Å². The molecular weight excluding hydrogens is 305 g/mol. The van der Waals surface area contributed by atoms with E-state index in [1.807, 2.05) is 13.8 Å². The van der Waals surface area contributed by atoms with Gasteiger partial charge in [-0.2, -0.15) is 0 Å². The minimum absolute atomic E-state index is 0.00379. The smallest absolute Gasteiger partial charge is 0.405 e. The quantitative estimate of drug-likeness (QED) is 0.935. The van der Waals surface area contributed by atoms with Crippen molar-refractivity contribution in [3.63, 3.8) is 0 Å². The second-order valence-electron chi connectivity index (χ2n) is 4.67. The van der Waals surface area contributed by atoms with Crippen molar-refractivity contribution in [2.75, 3.05) is 0 Å². The number of aliphatic hydroxyl groups is 1. The zero-order valence-electron chi connectivity index (χ0n) is 11.3. The zero-order valence-corrected chi connectivity index (χ0v) is 12.1. The van der Waals surface area contributed by atoms with E-state index in [-0.39, 0.29) is 11.5 Å². The third-order valence-electron chi connectivity index (χ3n) is 2.77. The molecular formula is C13H13F3N2O2S. The van der Waals surface area contributed by atoms with Crippen molar-refractivity contribution < 1.29 is 23.0 Å². The second-order valence-corrected chi connectivity index (χ2v) is 5.45. The first-order valence-corrected chi connectivity index (χ1v) is 6.92. The predicted octanol–water partition coefficient (Wildman–Crippen LogP) is 3.64. The van der Waals surface area contributed by atoms with Crippen LogP contribution < -0.4 is 4.74 Å². The van der Waals surface area contributed by atoms with Crippen molar-refractivity contribution in [1.29, 1.82) is 0 Å². The fourth-order valence-electron chi connectivity index (χ4n) is 1.86. The Morgan fingerprint density at radius 3 is 2.52 bits per heavy atom. The number of hydrogen-bond acceptors (Lipinski definition) is 5. The summed E-state index contributed by atoms with van der Waals surface area (Å²) in [4.78, 5) is 0.420. The maximum atomic E-state index is 12.4. The first-order valence-electron chi connectivity index (χ1n) is 6.14. The Morgan fingerprint density at radius 2 is 1.90 bits per heavy atom. The van der Waals surface area contributed by atoms with Crippen LogP contribution in [0.4, 0.5) is 13.2 Å². The highest BCUT2D eigenvalue weighted by Gasteiger charge is 2.33. The molecule has 0 fully saturated rings. The minimum Gasteiger partial charge on any atom is -0.405 e. The highest BCUT2D eigenvalue weighted by atomic mass is 32.1. The van der Waals surface area contributed by atoms with Gasteiger partial charge in [-0.1, -0.05) is 36.5 Å².